The Morgan fingerprint density at radius 3 is 2.53 bits per heavy atom. The van der Waals surface area contributed by atoms with Crippen molar-refractivity contribution in [1.82, 2.24) is 5.32 Å². The normalized spacial score (nSPS) is 20.8. The van der Waals surface area contributed by atoms with Crippen molar-refractivity contribution < 1.29 is 17.9 Å². The molecule has 96 valence electrons. The molecule has 0 radical (unpaired) electrons. The first-order chi connectivity index (χ1) is 7.59. The molecule has 0 aromatic heterocycles. The molecule has 1 aromatic carbocycles. The Morgan fingerprint density at radius 2 is 1.94 bits per heavy atom. The van der Waals surface area contributed by atoms with Crippen LogP contribution in [0.2, 0.25) is 0 Å². The van der Waals surface area contributed by atoms with Crippen LogP contribution in [0.3, 0.4) is 0 Å². The van der Waals surface area contributed by atoms with E-state index in [2.05, 4.69) is 5.32 Å². The summed E-state index contributed by atoms with van der Waals surface area (Å²) in [5, 5.41) is 3.02. The third-order valence-corrected chi connectivity index (χ3v) is 2.54. The predicted octanol–water partition coefficient (Wildman–Crippen LogP) is 2.79. The molecular formula is C11H13ClF3NO. The zero-order valence-corrected chi connectivity index (χ0v) is 9.77. The van der Waals surface area contributed by atoms with Crippen LogP contribution in [0.4, 0.5) is 13.2 Å². The van der Waals surface area contributed by atoms with E-state index in [-0.39, 0.29) is 18.0 Å². The topological polar surface area (TPSA) is 21.3 Å². The Bertz CT molecular complexity index is 364. The second kappa shape index (κ2) is 5.71. The van der Waals surface area contributed by atoms with Crippen molar-refractivity contribution >= 4 is 12.4 Å². The quantitative estimate of drug-likeness (QED) is 0.845. The fourth-order valence-corrected chi connectivity index (χ4v) is 1.80. The first-order valence-electron chi connectivity index (χ1n) is 5.07. The molecule has 17 heavy (non-hydrogen) atoms. The van der Waals surface area contributed by atoms with E-state index in [0.29, 0.717) is 19.7 Å². The number of hydrogen-bond donors (Lipinski definition) is 1. The summed E-state index contributed by atoms with van der Waals surface area (Å²) in [5.41, 5.74) is -0.397. The minimum absolute atomic E-state index is 0. The van der Waals surface area contributed by atoms with Crippen molar-refractivity contribution in [2.24, 2.45) is 0 Å². The second-order valence-corrected chi connectivity index (χ2v) is 3.65. The van der Waals surface area contributed by atoms with E-state index in [9.17, 15) is 13.2 Å². The average Bonchev–Trinajstić information content (AvgIpc) is 2.29. The lowest BCUT2D eigenvalue weighted by molar-refractivity contribution is -0.139. The first kappa shape index (κ1) is 14.3. The fourth-order valence-electron chi connectivity index (χ4n) is 1.80. The van der Waals surface area contributed by atoms with Gasteiger partial charge in [0.1, 0.15) is 0 Å². The van der Waals surface area contributed by atoms with Gasteiger partial charge in [-0.15, -0.1) is 12.4 Å². The standard InChI is InChI=1S/C11H12F3NO.ClH/c12-11(13,14)9-4-2-1-3-8(9)10-7-15-5-6-16-10;/h1-4,10,15H,5-7H2;1H. The van der Waals surface area contributed by atoms with Crippen molar-refractivity contribution in [3.8, 4) is 0 Å². The number of halogens is 4. The number of nitrogens with one attached hydrogen (secondary N) is 1. The smallest absolute Gasteiger partial charge is 0.371 e. The van der Waals surface area contributed by atoms with Crippen molar-refractivity contribution in [2.45, 2.75) is 12.3 Å². The summed E-state index contributed by atoms with van der Waals surface area (Å²) in [5.74, 6) is 0. The number of ether oxygens (including phenoxy) is 1. The van der Waals surface area contributed by atoms with E-state index in [1.54, 1.807) is 6.07 Å². The SMILES string of the molecule is Cl.FC(F)(F)c1ccccc1C1CNCCO1. The van der Waals surface area contributed by atoms with Crippen molar-refractivity contribution in [2.75, 3.05) is 19.7 Å². The monoisotopic (exact) mass is 267 g/mol. The van der Waals surface area contributed by atoms with Gasteiger partial charge in [0.15, 0.2) is 0 Å². The number of rotatable bonds is 1. The minimum atomic E-state index is -4.32. The summed E-state index contributed by atoms with van der Waals surface area (Å²) in [6.07, 6.45) is -4.83. The first-order valence-corrected chi connectivity index (χ1v) is 5.07. The summed E-state index contributed by atoms with van der Waals surface area (Å²) in [6.45, 7) is 1.55. The molecule has 1 N–H and O–H groups in total. The maximum Gasteiger partial charge on any atom is 0.416 e. The van der Waals surface area contributed by atoms with E-state index in [1.165, 1.54) is 12.1 Å². The van der Waals surface area contributed by atoms with Gasteiger partial charge in [0.2, 0.25) is 0 Å². The molecule has 1 saturated heterocycles. The molecule has 1 aromatic rings. The third-order valence-electron chi connectivity index (χ3n) is 2.54. The Hall–Kier alpha value is -0.780. The van der Waals surface area contributed by atoms with Crippen LogP contribution in [-0.2, 0) is 10.9 Å². The zero-order valence-electron chi connectivity index (χ0n) is 8.96. The minimum Gasteiger partial charge on any atom is -0.371 e. The summed E-state index contributed by atoms with van der Waals surface area (Å²) < 4.78 is 43.5. The van der Waals surface area contributed by atoms with Gasteiger partial charge in [-0.1, -0.05) is 18.2 Å². The van der Waals surface area contributed by atoms with Gasteiger partial charge in [-0.25, -0.2) is 0 Å². The summed E-state index contributed by atoms with van der Waals surface area (Å²) in [7, 11) is 0. The highest BCUT2D eigenvalue weighted by Crippen LogP contribution is 2.35. The van der Waals surface area contributed by atoms with Gasteiger partial charge < -0.3 is 10.1 Å². The Labute approximate surface area is 104 Å². The van der Waals surface area contributed by atoms with Crippen LogP contribution in [0.15, 0.2) is 24.3 Å². The van der Waals surface area contributed by atoms with Crippen LogP contribution in [0.25, 0.3) is 0 Å². The second-order valence-electron chi connectivity index (χ2n) is 3.65. The predicted molar refractivity (Wildman–Crippen MR) is 60.3 cm³/mol. The largest absolute Gasteiger partial charge is 0.416 e. The zero-order chi connectivity index (χ0) is 11.6. The maximum atomic E-state index is 12.7. The van der Waals surface area contributed by atoms with Crippen molar-refractivity contribution in [3.05, 3.63) is 35.4 Å². The molecule has 6 heteroatoms. The van der Waals surface area contributed by atoms with E-state index in [4.69, 9.17) is 4.74 Å². The van der Waals surface area contributed by atoms with Gasteiger partial charge in [-0.2, -0.15) is 13.2 Å². The molecule has 1 heterocycles. The molecule has 0 saturated carbocycles. The highest BCUT2D eigenvalue weighted by molar-refractivity contribution is 5.85. The molecule has 0 bridgehead atoms. The number of benzene rings is 1. The Balaban J connectivity index is 0.00000144. The van der Waals surface area contributed by atoms with Crippen LogP contribution in [-0.4, -0.2) is 19.7 Å². The van der Waals surface area contributed by atoms with Crippen LogP contribution < -0.4 is 5.32 Å². The fraction of sp³-hybridized carbons (Fsp3) is 0.455. The molecule has 0 aliphatic carbocycles. The molecule has 1 aliphatic heterocycles. The van der Waals surface area contributed by atoms with E-state index in [1.807, 2.05) is 0 Å². The van der Waals surface area contributed by atoms with E-state index < -0.39 is 17.8 Å². The van der Waals surface area contributed by atoms with Crippen LogP contribution in [0.5, 0.6) is 0 Å². The highest BCUT2D eigenvalue weighted by atomic mass is 35.5. The lowest BCUT2D eigenvalue weighted by Gasteiger charge is -2.26. The molecule has 1 atom stereocenters. The Kier molecular flexibility index (Phi) is 4.80. The summed E-state index contributed by atoms with van der Waals surface area (Å²) in [6, 6.07) is 5.55. The van der Waals surface area contributed by atoms with Crippen molar-refractivity contribution in [1.29, 1.82) is 0 Å². The van der Waals surface area contributed by atoms with Crippen LogP contribution >= 0.6 is 12.4 Å². The molecule has 0 spiro atoms. The summed E-state index contributed by atoms with van der Waals surface area (Å²) >= 11 is 0. The van der Waals surface area contributed by atoms with Crippen molar-refractivity contribution in [3.63, 3.8) is 0 Å². The molecule has 2 nitrogen and oxygen atoms in total. The third kappa shape index (κ3) is 3.34. The lowest BCUT2D eigenvalue weighted by atomic mass is 10.0. The Morgan fingerprint density at radius 1 is 1.24 bits per heavy atom. The molecule has 1 unspecified atom stereocenters. The highest BCUT2D eigenvalue weighted by Gasteiger charge is 2.35. The van der Waals surface area contributed by atoms with Gasteiger partial charge >= 0.3 is 6.18 Å². The van der Waals surface area contributed by atoms with Gasteiger partial charge in [-0.05, 0) is 11.6 Å². The summed E-state index contributed by atoms with van der Waals surface area (Å²) in [4.78, 5) is 0. The van der Waals surface area contributed by atoms with Gasteiger partial charge in [-0.3, -0.25) is 0 Å². The van der Waals surface area contributed by atoms with E-state index >= 15 is 0 Å². The van der Waals surface area contributed by atoms with Crippen LogP contribution in [0.1, 0.15) is 17.2 Å². The molecule has 2 rings (SSSR count). The lowest BCUT2D eigenvalue weighted by Crippen LogP contribution is -2.34. The van der Waals surface area contributed by atoms with E-state index in [0.717, 1.165) is 6.07 Å². The van der Waals surface area contributed by atoms with Crippen LogP contribution in [0, 0.1) is 0 Å². The maximum absolute atomic E-state index is 12.7. The van der Waals surface area contributed by atoms with Gasteiger partial charge in [0.25, 0.3) is 0 Å². The molecule has 1 aliphatic rings. The average molecular weight is 268 g/mol. The molecule has 1 fully saturated rings. The number of morpholine rings is 1. The number of alkyl halides is 3. The van der Waals surface area contributed by atoms with Gasteiger partial charge in [0, 0.05) is 13.1 Å². The molecular weight excluding hydrogens is 255 g/mol. The molecule has 0 amide bonds. The van der Waals surface area contributed by atoms with Gasteiger partial charge in [0.05, 0.1) is 18.3 Å². The number of hydrogen-bond acceptors (Lipinski definition) is 2.